The lowest BCUT2D eigenvalue weighted by Gasteiger charge is -2.05. The van der Waals surface area contributed by atoms with Gasteiger partial charge in [-0.1, -0.05) is 12.1 Å². The molecule has 0 heterocycles. The molecule has 2 N–H and O–H groups in total. The van der Waals surface area contributed by atoms with E-state index in [2.05, 4.69) is 0 Å². The van der Waals surface area contributed by atoms with Crippen LogP contribution < -0.4 is 0 Å². The fraction of sp³-hybridized carbons (Fsp3) is 0. The number of phenolic OH excluding ortho intramolecular Hbond substituents is 1. The van der Waals surface area contributed by atoms with Crippen LogP contribution in [0.5, 0.6) is 5.75 Å². The third-order valence-electron chi connectivity index (χ3n) is 2.39. The number of hydrogen-bond acceptors (Lipinski definition) is 2. The maximum atomic E-state index is 13.6. The van der Waals surface area contributed by atoms with E-state index < -0.39 is 11.8 Å². The summed E-state index contributed by atoms with van der Waals surface area (Å²) in [6.45, 7) is 0. The fourth-order valence-electron chi connectivity index (χ4n) is 1.52. The minimum Gasteiger partial charge on any atom is -0.508 e. The van der Waals surface area contributed by atoms with E-state index in [-0.39, 0.29) is 16.9 Å². The SMILES string of the molecule is O=C(O)c1ccc(F)c(-c2ccc(O)cc2)c1. The van der Waals surface area contributed by atoms with Crippen LogP contribution in [0.4, 0.5) is 4.39 Å². The van der Waals surface area contributed by atoms with Crippen molar-refractivity contribution in [3.8, 4) is 16.9 Å². The molecule has 0 spiro atoms. The van der Waals surface area contributed by atoms with Crippen LogP contribution >= 0.6 is 0 Å². The van der Waals surface area contributed by atoms with Gasteiger partial charge in [-0.3, -0.25) is 0 Å². The van der Waals surface area contributed by atoms with Crippen LogP contribution in [0.3, 0.4) is 0 Å². The maximum Gasteiger partial charge on any atom is 0.335 e. The molecule has 0 saturated heterocycles. The van der Waals surface area contributed by atoms with E-state index in [9.17, 15) is 9.18 Å². The molecule has 0 atom stereocenters. The van der Waals surface area contributed by atoms with Gasteiger partial charge in [0.25, 0.3) is 0 Å². The number of halogens is 1. The first-order valence-corrected chi connectivity index (χ1v) is 4.90. The number of carboxylic acid groups (broad SMARTS) is 1. The number of aromatic hydroxyl groups is 1. The Balaban J connectivity index is 2.54. The Kier molecular flexibility index (Phi) is 2.78. The van der Waals surface area contributed by atoms with Crippen LogP contribution in [0.25, 0.3) is 11.1 Å². The van der Waals surface area contributed by atoms with Crippen LogP contribution in [0.1, 0.15) is 10.4 Å². The first kappa shape index (κ1) is 11.1. The van der Waals surface area contributed by atoms with Gasteiger partial charge in [0.15, 0.2) is 0 Å². The number of benzene rings is 2. The second-order valence-corrected chi connectivity index (χ2v) is 3.55. The van der Waals surface area contributed by atoms with Crippen molar-refractivity contribution in [2.24, 2.45) is 0 Å². The highest BCUT2D eigenvalue weighted by Gasteiger charge is 2.09. The molecular weight excluding hydrogens is 223 g/mol. The van der Waals surface area contributed by atoms with Crippen LogP contribution in [-0.4, -0.2) is 16.2 Å². The average Bonchev–Trinajstić information content (AvgIpc) is 2.31. The molecule has 2 rings (SSSR count). The lowest BCUT2D eigenvalue weighted by Crippen LogP contribution is -1.97. The molecule has 17 heavy (non-hydrogen) atoms. The molecule has 0 radical (unpaired) electrons. The zero-order valence-electron chi connectivity index (χ0n) is 8.72. The van der Waals surface area contributed by atoms with Crippen LogP contribution in [0, 0.1) is 5.82 Å². The standard InChI is InChI=1S/C13H9FO3/c14-12-6-3-9(13(16)17)7-11(12)8-1-4-10(15)5-2-8/h1-7,15H,(H,16,17). The Morgan fingerprint density at radius 3 is 2.29 bits per heavy atom. The number of carbonyl (C=O) groups is 1. The fourth-order valence-corrected chi connectivity index (χ4v) is 1.52. The van der Waals surface area contributed by atoms with Gasteiger partial charge in [0.05, 0.1) is 5.56 Å². The van der Waals surface area contributed by atoms with E-state index in [0.29, 0.717) is 5.56 Å². The summed E-state index contributed by atoms with van der Waals surface area (Å²) in [6.07, 6.45) is 0. The molecule has 0 aromatic heterocycles. The van der Waals surface area contributed by atoms with Crippen LogP contribution in [0.2, 0.25) is 0 Å². The summed E-state index contributed by atoms with van der Waals surface area (Å²) in [7, 11) is 0. The number of aromatic carboxylic acids is 1. The predicted octanol–water partition coefficient (Wildman–Crippen LogP) is 2.90. The van der Waals surface area contributed by atoms with Gasteiger partial charge in [-0.05, 0) is 35.9 Å². The molecule has 86 valence electrons. The summed E-state index contributed by atoms with van der Waals surface area (Å²) < 4.78 is 13.6. The summed E-state index contributed by atoms with van der Waals surface area (Å²) >= 11 is 0. The zero-order chi connectivity index (χ0) is 12.4. The monoisotopic (exact) mass is 232 g/mol. The van der Waals surface area contributed by atoms with E-state index >= 15 is 0 Å². The predicted molar refractivity (Wildman–Crippen MR) is 60.5 cm³/mol. The van der Waals surface area contributed by atoms with Crippen molar-refractivity contribution in [1.29, 1.82) is 0 Å². The minimum atomic E-state index is -1.11. The molecule has 2 aromatic rings. The quantitative estimate of drug-likeness (QED) is 0.836. The Hall–Kier alpha value is -2.36. The highest BCUT2D eigenvalue weighted by molar-refractivity contribution is 5.89. The van der Waals surface area contributed by atoms with Gasteiger partial charge in [0.1, 0.15) is 11.6 Å². The third kappa shape index (κ3) is 2.25. The second kappa shape index (κ2) is 4.25. The highest BCUT2D eigenvalue weighted by atomic mass is 19.1. The number of phenols is 1. The Bertz CT molecular complexity index is 561. The first-order chi connectivity index (χ1) is 8.08. The molecule has 0 fully saturated rings. The Morgan fingerprint density at radius 2 is 1.71 bits per heavy atom. The first-order valence-electron chi connectivity index (χ1n) is 4.90. The molecule has 0 bridgehead atoms. The third-order valence-corrected chi connectivity index (χ3v) is 2.39. The van der Waals surface area contributed by atoms with Gasteiger partial charge in [-0.25, -0.2) is 9.18 Å². The largest absolute Gasteiger partial charge is 0.508 e. The van der Waals surface area contributed by atoms with Gasteiger partial charge >= 0.3 is 5.97 Å². The molecule has 0 unspecified atom stereocenters. The zero-order valence-corrected chi connectivity index (χ0v) is 8.72. The topological polar surface area (TPSA) is 57.5 Å². The van der Waals surface area contributed by atoms with Gasteiger partial charge in [0.2, 0.25) is 0 Å². The van der Waals surface area contributed by atoms with E-state index in [1.807, 2.05) is 0 Å². The molecule has 0 saturated carbocycles. The van der Waals surface area contributed by atoms with Crippen molar-refractivity contribution in [2.75, 3.05) is 0 Å². The minimum absolute atomic E-state index is 0.0227. The van der Waals surface area contributed by atoms with Gasteiger partial charge < -0.3 is 10.2 Å². The summed E-state index contributed by atoms with van der Waals surface area (Å²) in [5.74, 6) is -1.53. The van der Waals surface area contributed by atoms with Crippen molar-refractivity contribution >= 4 is 5.97 Å². The molecule has 2 aromatic carbocycles. The number of rotatable bonds is 2. The van der Waals surface area contributed by atoms with Gasteiger partial charge in [-0.15, -0.1) is 0 Å². The van der Waals surface area contributed by atoms with E-state index in [1.165, 1.54) is 36.4 Å². The van der Waals surface area contributed by atoms with Crippen LogP contribution in [-0.2, 0) is 0 Å². The second-order valence-electron chi connectivity index (χ2n) is 3.55. The molecule has 0 aliphatic carbocycles. The van der Waals surface area contributed by atoms with E-state index in [1.54, 1.807) is 0 Å². The van der Waals surface area contributed by atoms with Crippen molar-refractivity contribution < 1.29 is 19.4 Å². The molecule has 4 heteroatoms. The smallest absolute Gasteiger partial charge is 0.335 e. The molecule has 0 aliphatic rings. The maximum absolute atomic E-state index is 13.6. The van der Waals surface area contributed by atoms with Crippen molar-refractivity contribution in [3.63, 3.8) is 0 Å². The Labute approximate surface area is 96.8 Å². The lowest BCUT2D eigenvalue weighted by molar-refractivity contribution is 0.0697. The van der Waals surface area contributed by atoms with Crippen molar-refractivity contribution in [1.82, 2.24) is 0 Å². The van der Waals surface area contributed by atoms with E-state index in [0.717, 1.165) is 6.07 Å². The van der Waals surface area contributed by atoms with Crippen molar-refractivity contribution in [2.45, 2.75) is 0 Å². The summed E-state index contributed by atoms with van der Waals surface area (Å²) in [5, 5.41) is 18.0. The average molecular weight is 232 g/mol. The number of hydrogen-bond donors (Lipinski definition) is 2. The summed E-state index contributed by atoms with van der Waals surface area (Å²) in [6, 6.07) is 9.49. The lowest BCUT2D eigenvalue weighted by atomic mass is 10.0. The Morgan fingerprint density at radius 1 is 1.06 bits per heavy atom. The highest BCUT2D eigenvalue weighted by Crippen LogP contribution is 2.25. The van der Waals surface area contributed by atoms with Crippen LogP contribution in [0.15, 0.2) is 42.5 Å². The number of carboxylic acids is 1. The summed E-state index contributed by atoms with van der Waals surface area (Å²) in [4.78, 5) is 10.8. The molecule has 0 amide bonds. The van der Waals surface area contributed by atoms with Gasteiger partial charge in [-0.2, -0.15) is 0 Å². The van der Waals surface area contributed by atoms with E-state index in [4.69, 9.17) is 10.2 Å². The molecular formula is C13H9FO3. The van der Waals surface area contributed by atoms with Crippen molar-refractivity contribution in [3.05, 3.63) is 53.8 Å². The molecule has 0 aliphatic heterocycles. The normalized spacial score (nSPS) is 10.2. The molecule has 3 nitrogen and oxygen atoms in total. The van der Waals surface area contributed by atoms with Gasteiger partial charge in [0, 0.05) is 5.56 Å². The summed E-state index contributed by atoms with van der Waals surface area (Å²) in [5.41, 5.74) is 0.739.